The minimum Gasteiger partial charge on any atom is -0.351 e. The minimum absolute atomic E-state index is 0. The van der Waals surface area contributed by atoms with Gasteiger partial charge < -0.3 is 11.1 Å². The first-order chi connectivity index (χ1) is 7.00. The summed E-state index contributed by atoms with van der Waals surface area (Å²) < 4.78 is 13.1. The summed E-state index contributed by atoms with van der Waals surface area (Å²) in [6.45, 7) is 3.60. The van der Waals surface area contributed by atoms with Crippen molar-refractivity contribution in [1.82, 2.24) is 5.32 Å². The Hall–Kier alpha value is -1.13. The summed E-state index contributed by atoms with van der Waals surface area (Å²) in [5.41, 5.74) is 6.69. The molecule has 0 saturated carbocycles. The van der Waals surface area contributed by atoms with E-state index in [9.17, 15) is 9.18 Å². The smallest absolute Gasteiger partial charge is 0.236 e. The summed E-state index contributed by atoms with van der Waals surface area (Å²) in [6.07, 6.45) is 0. The zero-order valence-corrected chi connectivity index (χ0v) is 10.1. The minimum atomic E-state index is -0.541. The molecule has 0 aromatic heterocycles. The highest BCUT2D eigenvalue weighted by Crippen LogP contribution is 2.08. The van der Waals surface area contributed by atoms with E-state index in [1.165, 1.54) is 6.07 Å². The van der Waals surface area contributed by atoms with Crippen LogP contribution in [-0.2, 0) is 11.3 Å². The number of aryl methyl sites for hydroxylation is 1. The van der Waals surface area contributed by atoms with E-state index in [2.05, 4.69) is 5.32 Å². The van der Waals surface area contributed by atoms with E-state index in [-0.39, 0.29) is 24.1 Å². The molecule has 3 nitrogen and oxygen atoms in total. The molecule has 1 rings (SSSR count). The van der Waals surface area contributed by atoms with E-state index in [1.54, 1.807) is 26.0 Å². The van der Waals surface area contributed by atoms with Crippen molar-refractivity contribution >= 4 is 18.3 Å². The molecule has 1 aromatic rings. The normalized spacial score (nSPS) is 11.5. The molecule has 1 atom stereocenters. The Bertz CT molecular complexity index is 369. The first-order valence-electron chi connectivity index (χ1n) is 4.79. The Balaban J connectivity index is 0.00000225. The summed E-state index contributed by atoms with van der Waals surface area (Å²) in [4.78, 5) is 11.1. The average Bonchev–Trinajstić information content (AvgIpc) is 2.19. The number of carbonyl (C=O) groups excluding carboxylic acids is 1. The van der Waals surface area contributed by atoms with Crippen molar-refractivity contribution in [2.45, 2.75) is 26.4 Å². The van der Waals surface area contributed by atoms with Gasteiger partial charge in [-0.3, -0.25) is 4.79 Å². The molecule has 0 unspecified atom stereocenters. The predicted octanol–water partition coefficient (Wildman–Crippen LogP) is 1.52. The van der Waals surface area contributed by atoms with Crippen LogP contribution in [0.5, 0.6) is 0 Å². The third-order valence-electron chi connectivity index (χ3n) is 2.12. The molecule has 0 aliphatic heterocycles. The number of halogens is 2. The van der Waals surface area contributed by atoms with Gasteiger partial charge in [0.05, 0.1) is 6.04 Å². The van der Waals surface area contributed by atoms with Crippen LogP contribution in [0.2, 0.25) is 0 Å². The van der Waals surface area contributed by atoms with Crippen molar-refractivity contribution in [3.05, 3.63) is 35.1 Å². The van der Waals surface area contributed by atoms with Crippen molar-refractivity contribution in [3.8, 4) is 0 Å². The van der Waals surface area contributed by atoms with Gasteiger partial charge in [-0.05, 0) is 31.0 Å². The molecule has 16 heavy (non-hydrogen) atoms. The summed E-state index contributed by atoms with van der Waals surface area (Å²) in [5.74, 6) is -0.501. The molecule has 1 amide bonds. The molecule has 0 bridgehead atoms. The van der Waals surface area contributed by atoms with Crippen LogP contribution in [0.15, 0.2) is 18.2 Å². The molecule has 0 aliphatic rings. The zero-order chi connectivity index (χ0) is 11.4. The number of hydrogen-bond donors (Lipinski definition) is 2. The molecule has 0 fully saturated rings. The van der Waals surface area contributed by atoms with Gasteiger partial charge in [0, 0.05) is 6.54 Å². The van der Waals surface area contributed by atoms with Crippen molar-refractivity contribution in [2.75, 3.05) is 0 Å². The van der Waals surface area contributed by atoms with Crippen molar-refractivity contribution in [3.63, 3.8) is 0 Å². The van der Waals surface area contributed by atoms with Crippen LogP contribution in [-0.4, -0.2) is 11.9 Å². The lowest BCUT2D eigenvalue weighted by atomic mass is 10.1. The van der Waals surface area contributed by atoms with Crippen LogP contribution in [0.25, 0.3) is 0 Å². The molecule has 1 aromatic carbocycles. The fourth-order valence-electron chi connectivity index (χ4n) is 1.10. The molecule has 90 valence electrons. The van der Waals surface area contributed by atoms with Crippen LogP contribution in [0.1, 0.15) is 18.1 Å². The van der Waals surface area contributed by atoms with Gasteiger partial charge in [0.2, 0.25) is 5.91 Å². The zero-order valence-electron chi connectivity index (χ0n) is 9.29. The number of carbonyl (C=O) groups is 1. The van der Waals surface area contributed by atoms with Gasteiger partial charge in [0.15, 0.2) is 0 Å². The van der Waals surface area contributed by atoms with Crippen molar-refractivity contribution in [1.29, 1.82) is 0 Å². The van der Waals surface area contributed by atoms with E-state index >= 15 is 0 Å². The van der Waals surface area contributed by atoms with Crippen LogP contribution >= 0.6 is 12.4 Å². The van der Waals surface area contributed by atoms with Crippen LogP contribution in [0.4, 0.5) is 4.39 Å². The molecule has 3 N–H and O–H groups in total. The topological polar surface area (TPSA) is 55.1 Å². The van der Waals surface area contributed by atoms with E-state index < -0.39 is 6.04 Å². The second-order valence-corrected chi connectivity index (χ2v) is 3.59. The largest absolute Gasteiger partial charge is 0.351 e. The van der Waals surface area contributed by atoms with Crippen LogP contribution < -0.4 is 11.1 Å². The Morgan fingerprint density at radius 2 is 2.19 bits per heavy atom. The third kappa shape index (κ3) is 4.16. The van der Waals surface area contributed by atoms with Gasteiger partial charge in [-0.1, -0.05) is 12.1 Å². The highest BCUT2D eigenvalue weighted by Gasteiger charge is 2.06. The van der Waals surface area contributed by atoms with Crippen molar-refractivity contribution < 1.29 is 9.18 Å². The summed E-state index contributed by atoms with van der Waals surface area (Å²) in [5, 5.41) is 2.61. The fraction of sp³-hybridized carbons (Fsp3) is 0.364. The van der Waals surface area contributed by atoms with Gasteiger partial charge >= 0.3 is 0 Å². The molecule has 0 heterocycles. The quantitative estimate of drug-likeness (QED) is 0.850. The SMILES string of the molecule is Cc1ccc(CNC(=O)[C@H](C)N)cc1F.Cl. The second kappa shape index (κ2) is 6.45. The van der Waals surface area contributed by atoms with E-state index in [4.69, 9.17) is 5.73 Å². The average molecular weight is 247 g/mol. The highest BCUT2D eigenvalue weighted by atomic mass is 35.5. The van der Waals surface area contributed by atoms with Crippen LogP contribution in [0, 0.1) is 12.7 Å². The third-order valence-corrected chi connectivity index (χ3v) is 2.12. The van der Waals surface area contributed by atoms with Crippen LogP contribution in [0.3, 0.4) is 0 Å². The molecule has 0 spiro atoms. The Morgan fingerprint density at radius 1 is 1.56 bits per heavy atom. The monoisotopic (exact) mass is 246 g/mol. The first-order valence-corrected chi connectivity index (χ1v) is 4.79. The Kier molecular flexibility index (Phi) is 6.00. The number of rotatable bonds is 3. The Labute approximate surface area is 101 Å². The van der Waals surface area contributed by atoms with E-state index in [0.717, 1.165) is 5.56 Å². The number of amides is 1. The van der Waals surface area contributed by atoms with Gasteiger partial charge in [-0.2, -0.15) is 0 Å². The standard InChI is InChI=1S/C11H15FN2O.ClH/c1-7-3-4-9(5-10(7)12)6-14-11(15)8(2)13;/h3-5,8H,6,13H2,1-2H3,(H,14,15);1H/t8-;/m0./s1. The van der Waals surface area contributed by atoms with E-state index in [1.807, 2.05) is 0 Å². The maximum absolute atomic E-state index is 13.1. The molecule has 0 aliphatic carbocycles. The van der Waals surface area contributed by atoms with Gasteiger partial charge in [-0.25, -0.2) is 4.39 Å². The first kappa shape index (κ1) is 14.9. The highest BCUT2D eigenvalue weighted by molar-refractivity contribution is 5.85. The second-order valence-electron chi connectivity index (χ2n) is 3.59. The number of nitrogens with one attached hydrogen (secondary N) is 1. The molecular formula is C11H16ClFN2O. The molecular weight excluding hydrogens is 231 g/mol. The maximum Gasteiger partial charge on any atom is 0.236 e. The molecule has 5 heteroatoms. The Morgan fingerprint density at radius 3 is 2.69 bits per heavy atom. The maximum atomic E-state index is 13.1. The van der Waals surface area contributed by atoms with Gasteiger partial charge in [0.25, 0.3) is 0 Å². The lowest BCUT2D eigenvalue weighted by molar-refractivity contribution is -0.122. The van der Waals surface area contributed by atoms with Gasteiger partial charge in [0.1, 0.15) is 5.82 Å². The van der Waals surface area contributed by atoms with Crippen molar-refractivity contribution in [2.24, 2.45) is 5.73 Å². The predicted molar refractivity (Wildman–Crippen MR) is 63.9 cm³/mol. The number of nitrogens with two attached hydrogens (primary N) is 1. The molecule has 0 radical (unpaired) electrons. The molecule has 0 saturated heterocycles. The summed E-state index contributed by atoms with van der Waals surface area (Å²) in [6, 6.07) is 4.33. The number of hydrogen-bond acceptors (Lipinski definition) is 2. The lowest BCUT2D eigenvalue weighted by Gasteiger charge is -2.08. The fourth-order valence-corrected chi connectivity index (χ4v) is 1.10. The van der Waals surface area contributed by atoms with Gasteiger partial charge in [-0.15, -0.1) is 12.4 Å². The lowest BCUT2D eigenvalue weighted by Crippen LogP contribution is -2.37. The summed E-state index contributed by atoms with van der Waals surface area (Å²) >= 11 is 0. The summed E-state index contributed by atoms with van der Waals surface area (Å²) in [7, 11) is 0. The number of benzene rings is 1. The van der Waals surface area contributed by atoms with E-state index in [0.29, 0.717) is 12.1 Å².